The van der Waals surface area contributed by atoms with Crippen molar-refractivity contribution in [3.63, 3.8) is 0 Å². The number of carbonyl (C=O) groups is 2. The van der Waals surface area contributed by atoms with Crippen molar-refractivity contribution < 1.29 is 19.4 Å². The highest BCUT2D eigenvalue weighted by Crippen LogP contribution is 2.07. The van der Waals surface area contributed by atoms with Crippen LogP contribution < -0.4 is 5.73 Å². The molecule has 0 aliphatic carbocycles. The van der Waals surface area contributed by atoms with Gasteiger partial charge in [0.05, 0.1) is 12.2 Å². The van der Waals surface area contributed by atoms with Gasteiger partial charge in [0, 0.05) is 38.4 Å². The number of nitrogens with zero attached hydrogens (tertiary/aromatic N) is 2. The number of amides is 1. The van der Waals surface area contributed by atoms with Crippen molar-refractivity contribution in [1.29, 1.82) is 0 Å². The van der Waals surface area contributed by atoms with Gasteiger partial charge >= 0.3 is 5.97 Å². The molecule has 2 rings (SSSR count). The van der Waals surface area contributed by atoms with E-state index < -0.39 is 5.97 Å². The number of carbonyl (C=O) groups excluding carboxylic acids is 2. The van der Waals surface area contributed by atoms with Gasteiger partial charge in [-0.15, -0.1) is 0 Å². The second-order valence-electron chi connectivity index (χ2n) is 5.14. The Morgan fingerprint density at radius 3 is 2.36 bits per heavy atom. The molecule has 22 heavy (non-hydrogen) atoms. The number of hydrogen-bond donors (Lipinski definition) is 2. The fourth-order valence-electron chi connectivity index (χ4n) is 2.28. The predicted molar refractivity (Wildman–Crippen MR) is 81.2 cm³/mol. The number of β-amino-alcohol motifs (C(OH)–C–C–N with tert-alkyl or cyclic N) is 1. The maximum Gasteiger partial charge on any atom is 0.338 e. The molecule has 7 heteroatoms. The van der Waals surface area contributed by atoms with Crippen LogP contribution in [0.25, 0.3) is 0 Å². The molecule has 1 aliphatic rings. The Bertz CT molecular complexity index is 510. The van der Waals surface area contributed by atoms with Crippen molar-refractivity contribution in [2.75, 3.05) is 51.7 Å². The van der Waals surface area contributed by atoms with Gasteiger partial charge in [-0.2, -0.15) is 0 Å². The van der Waals surface area contributed by atoms with Crippen molar-refractivity contribution in [1.82, 2.24) is 9.80 Å². The summed E-state index contributed by atoms with van der Waals surface area (Å²) in [5.41, 5.74) is 6.48. The minimum Gasteiger partial charge on any atom is -0.452 e. The van der Waals surface area contributed by atoms with Crippen LogP contribution in [0.1, 0.15) is 10.4 Å². The molecule has 120 valence electrons. The Balaban J connectivity index is 1.76. The van der Waals surface area contributed by atoms with Gasteiger partial charge < -0.3 is 20.5 Å². The second-order valence-corrected chi connectivity index (χ2v) is 5.14. The van der Waals surface area contributed by atoms with E-state index in [0.29, 0.717) is 30.9 Å². The van der Waals surface area contributed by atoms with Gasteiger partial charge in [-0.1, -0.05) is 0 Å². The third-order valence-electron chi connectivity index (χ3n) is 3.61. The lowest BCUT2D eigenvalue weighted by Gasteiger charge is -2.34. The van der Waals surface area contributed by atoms with Gasteiger partial charge in [-0.3, -0.25) is 9.69 Å². The summed E-state index contributed by atoms with van der Waals surface area (Å²) in [6.45, 7) is 3.08. The second kappa shape index (κ2) is 7.77. The van der Waals surface area contributed by atoms with Crippen LogP contribution in [-0.4, -0.2) is 72.7 Å². The van der Waals surface area contributed by atoms with Crippen LogP contribution >= 0.6 is 0 Å². The third-order valence-corrected chi connectivity index (χ3v) is 3.61. The summed E-state index contributed by atoms with van der Waals surface area (Å²) in [6, 6.07) is 6.35. The molecule has 0 bridgehead atoms. The average molecular weight is 307 g/mol. The number of ether oxygens (including phenoxy) is 1. The number of benzene rings is 1. The number of hydrogen-bond acceptors (Lipinski definition) is 6. The Morgan fingerprint density at radius 1 is 1.14 bits per heavy atom. The van der Waals surface area contributed by atoms with E-state index in [2.05, 4.69) is 4.90 Å². The van der Waals surface area contributed by atoms with Crippen molar-refractivity contribution in [3.8, 4) is 0 Å². The third kappa shape index (κ3) is 4.44. The van der Waals surface area contributed by atoms with E-state index in [1.165, 1.54) is 0 Å². The molecule has 0 aromatic heterocycles. The first kappa shape index (κ1) is 16.3. The maximum atomic E-state index is 12.0. The summed E-state index contributed by atoms with van der Waals surface area (Å²) < 4.78 is 5.03. The molecule has 1 heterocycles. The molecular weight excluding hydrogens is 286 g/mol. The van der Waals surface area contributed by atoms with Crippen LogP contribution in [0.4, 0.5) is 5.69 Å². The largest absolute Gasteiger partial charge is 0.452 e. The zero-order valence-electron chi connectivity index (χ0n) is 12.4. The van der Waals surface area contributed by atoms with Gasteiger partial charge in [-0.25, -0.2) is 4.79 Å². The molecular formula is C15H21N3O4. The highest BCUT2D eigenvalue weighted by atomic mass is 16.5. The highest BCUT2D eigenvalue weighted by Gasteiger charge is 2.21. The lowest BCUT2D eigenvalue weighted by Crippen LogP contribution is -2.50. The number of nitrogen functional groups attached to an aromatic ring is 1. The molecule has 0 atom stereocenters. The van der Waals surface area contributed by atoms with Crippen molar-refractivity contribution in [2.24, 2.45) is 0 Å². The number of esters is 1. The lowest BCUT2D eigenvalue weighted by molar-refractivity contribution is -0.136. The molecule has 0 unspecified atom stereocenters. The minimum atomic E-state index is -0.535. The molecule has 3 N–H and O–H groups in total. The Labute approximate surface area is 129 Å². The first-order valence-electron chi connectivity index (χ1n) is 7.24. The van der Waals surface area contributed by atoms with Gasteiger partial charge in [0.15, 0.2) is 6.61 Å². The molecule has 1 aliphatic heterocycles. The fraction of sp³-hybridized carbons (Fsp3) is 0.467. The molecule has 0 saturated carbocycles. The van der Waals surface area contributed by atoms with Crippen LogP contribution in [0.2, 0.25) is 0 Å². The standard InChI is InChI=1S/C15H21N3O4/c16-13-3-1-12(2-4-13)15(21)22-11-14(20)18-7-5-17(6-8-18)9-10-19/h1-4,19H,5-11,16H2. The molecule has 1 saturated heterocycles. The fourth-order valence-corrected chi connectivity index (χ4v) is 2.28. The summed E-state index contributed by atoms with van der Waals surface area (Å²) in [5, 5.41) is 8.88. The van der Waals surface area contributed by atoms with E-state index in [4.69, 9.17) is 15.6 Å². The van der Waals surface area contributed by atoms with E-state index in [9.17, 15) is 9.59 Å². The Kier molecular flexibility index (Phi) is 5.74. The van der Waals surface area contributed by atoms with E-state index in [-0.39, 0.29) is 19.1 Å². The predicted octanol–water partition coefficient (Wildman–Crippen LogP) is -0.438. The molecule has 1 fully saturated rings. The Morgan fingerprint density at radius 2 is 1.77 bits per heavy atom. The van der Waals surface area contributed by atoms with E-state index in [0.717, 1.165) is 13.1 Å². The SMILES string of the molecule is Nc1ccc(C(=O)OCC(=O)N2CCN(CCO)CC2)cc1. The molecule has 1 aromatic rings. The highest BCUT2D eigenvalue weighted by molar-refractivity contribution is 5.91. The summed E-state index contributed by atoms with van der Waals surface area (Å²) in [6.07, 6.45) is 0. The summed E-state index contributed by atoms with van der Waals surface area (Å²) in [5.74, 6) is -0.736. The first-order chi connectivity index (χ1) is 10.6. The van der Waals surface area contributed by atoms with Crippen LogP contribution in [0.3, 0.4) is 0 Å². The summed E-state index contributed by atoms with van der Waals surface area (Å²) in [4.78, 5) is 27.6. The van der Waals surface area contributed by atoms with Crippen molar-refractivity contribution >= 4 is 17.6 Å². The van der Waals surface area contributed by atoms with Crippen molar-refractivity contribution in [3.05, 3.63) is 29.8 Å². The maximum absolute atomic E-state index is 12.0. The zero-order valence-corrected chi connectivity index (χ0v) is 12.4. The molecule has 1 amide bonds. The zero-order chi connectivity index (χ0) is 15.9. The van der Waals surface area contributed by atoms with E-state index >= 15 is 0 Å². The topological polar surface area (TPSA) is 96.1 Å². The van der Waals surface area contributed by atoms with Crippen LogP contribution in [0, 0.1) is 0 Å². The first-order valence-corrected chi connectivity index (χ1v) is 7.24. The van der Waals surface area contributed by atoms with Crippen LogP contribution in [0.15, 0.2) is 24.3 Å². The molecule has 0 radical (unpaired) electrons. The number of aliphatic hydroxyl groups is 1. The van der Waals surface area contributed by atoms with Gasteiger partial charge in [0.1, 0.15) is 0 Å². The Hall–Kier alpha value is -2.12. The average Bonchev–Trinajstić information content (AvgIpc) is 2.54. The summed E-state index contributed by atoms with van der Waals surface area (Å²) >= 11 is 0. The van der Waals surface area contributed by atoms with Crippen LogP contribution in [-0.2, 0) is 9.53 Å². The van der Waals surface area contributed by atoms with Gasteiger partial charge in [0.2, 0.25) is 0 Å². The van der Waals surface area contributed by atoms with E-state index in [1.807, 2.05) is 0 Å². The van der Waals surface area contributed by atoms with Gasteiger partial charge in [-0.05, 0) is 24.3 Å². The lowest BCUT2D eigenvalue weighted by atomic mass is 10.2. The molecule has 1 aromatic carbocycles. The monoisotopic (exact) mass is 307 g/mol. The number of rotatable bonds is 5. The van der Waals surface area contributed by atoms with Gasteiger partial charge in [0.25, 0.3) is 5.91 Å². The van der Waals surface area contributed by atoms with E-state index in [1.54, 1.807) is 29.2 Å². The molecule has 0 spiro atoms. The number of nitrogens with two attached hydrogens (primary N) is 1. The number of aliphatic hydroxyl groups excluding tert-OH is 1. The van der Waals surface area contributed by atoms with Crippen molar-refractivity contribution in [2.45, 2.75) is 0 Å². The van der Waals surface area contributed by atoms with Crippen LogP contribution in [0.5, 0.6) is 0 Å². The smallest absolute Gasteiger partial charge is 0.338 e. The quantitative estimate of drug-likeness (QED) is 0.566. The normalized spacial score (nSPS) is 15.6. The summed E-state index contributed by atoms with van der Waals surface area (Å²) in [7, 11) is 0. The number of anilines is 1. The molecule has 7 nitrogen and oxygen atoms in total. The number of piperazine rings is 1. The minimum absolute atomic E-state index is 0.118.